The highest BCUT2D eigenvalue weighted by molar-refractivity contribution is 9.08. The lowest BCUT2D eigenvalue weighted by Crippen LogP contribution is -1.77. The van der Waals surface area contributed by atoms with Crippen molar-refractivity contribution in [1.29, 1.82) is 0 Å². The predicted molar refractivity (Wildman–Crippen MR) is 42.4 cm³/mol. The van der Waals surface area contributed by atoms with Crippen molar-refractivity contribution in [1.82, 2.24) is 0 Å². The van der Waals surface area contributed by atoms with E-state index in [1.54, 1.807) is 0 Å². The fraction of sp³-hybridized carbons (Fsp3) is 0.143. The van der Waals surface area contributed by atoms with Gasteiger partial charge in [0.05, 0.1) is 0 Å². The van der Waals surface area contributed by atoms with Crippen LogP contribution < -0.4 is 0 Å². The first-order chi connectivity index (χ1) is 4.74. The molecule has 0 aliphatic carbocycles. The first-order valence-corrected chi connectivity index (χ1v) is 3.93. The van der Waals surface area contributed by atoms with Crippen LogP contribution in [0.4, 0.5) is 0 Å². The Kier molecular flexibility index (Phi) is 2.17. The molecular formula is C7H7BrO2. The topological polar surface area (TPSA) is 40.5 Å². The van der Waals surface area contributed by atoms with Gasteiger partial charge in [0.2, 0.25) is 0 Å². The average molecular weight is 203 g/mol. The van der Waals surface area contributed by atoms with Crippen molar-refractivity contribution < 1.29 is 10.2 Å². The molecule has 0 saturated carbocycles. The smallest absolute Gasteiger partial charge is 0.119 e. The van der Waals surface area contributed by atoms with Gasteiger partial charge in [0.1, 0.15) is 11.5 Å². The summed E-state index contributed by atoms with van der Waals surface area (Å²) in [6, 6.07) is 4.43. The minimum atomic E-state index is 0.173. The average Bonchev–Trinajstić information content (AvgIpc) is 1.94. The van der Waals surface area contributed by atoms with Crippen LogP contribution in [0.1, 0.15) is 5.56 Å². The van der Waals surface area contributed by atoms with Gasteiger partial charge >= 0.3 is 0 Å². The molecule has 0 heterocycles. The molecule has 0 aromatic heterocycles. The van der Waals surface area contributed by atoms with E-state index in [-0.39, 0.29) is 11.5 Å². The monoisotopic (exact) mass is 202 g/mol. The number of alkyl halides is 1. The van der Waals surface area contributed by atoms with Gasteiger partial charge in [-0.05, 0) is 18.2 Å². The highest BCUT2D eigenvalue weighted by Crippen LogP contribution is 2.23. The molecule has 1 aromatic carbocycles. The number of hydrogen-bond acceptors (Lipinski definition) is 2. The molecular weight excluding hydrogens is 196 g/mol. The first kappa shape index (κ1) is 7.41. The maximum Gasteiger partial charge on any atom is 0.119 e. The van der Waals surface area contributed by atoms with Gasteiger partial charge in [0.15, 0.2) is 0 Å². The number of hydrogen-bond donors (Lipinski definition) is 2. The van der Waals surface area contributed by atoms with E-state index in [0.717, 1.165) is 0 Å². The van der Waals surface area contributed by atoms with Crippen LogP contribution >= 0.6 is 15.9 Å². The molecule has 54 valence electrons. The van der Waals surface area contributed by atoms with E-state index in [1.165, 1.54) is 18.2 Å². The van der Waals surface area contributed by atoms with Crippen LogP contribution in [0.5, 0.6) is 11.5 Å². The quantitative estimate of drug-likeness (QED) is 0.541. The zero-order chi connectivity index (χ0) is 7.56. The van der Waals surface area contributed by atoms with Crippen molar-refractivity contribution in [3.05, 3.63) is 23.8 Å². The van der Waals surface area contributed by atoms with Gasteiger partial charge in [-0.25, -0.2) is 0 Å². The van der Waals surface area contributed by atoms with Gasteiger partial charge in [-0.15, -0.1) is 0 Å². The summed E-state index contributed by atoms with van der Waals surface area (Å²) >= 11 is 3.17. The zero-order valence-electron chi connectivity index (χ0n) is 5.21. The maximum absolute atomic E-state index is 9.09. The van der Waals surface area contributed by atoms with E-state index in [4.69, 9.17) is 10.2 Å². The summed E-state index contributed by atoms with van der Waals surface area (Å²) in [7, 11) is 0. The third-order valence-electron chi connectivity index (χ3n) is 1.21. The Balaban J connectivity index is 3.09. The van der Waals surface area contributed by atoms with Gasteiger partial charge in [0, 0.05) is 10.9 Å². The van der Waals surface area contributed by atoms with E-state index in [9.17, 15) is 0 Å². The molecule has 0 atom stereocenters. The fourth-order valence-electron chi connectivity index (χ4n) is 0.679. The second kappa shape index (κ2) is 2.92. The summed E-state index contributed by atoms with van der Waals surface area (Å²) < 4.78 is 0. The van der Waals surface area contributed by atoms with E-state index in [2.05, 4.69) is 15.9 Å². The van der Waals surface area contributed by atoms with Crippen molar-refractivity contribution in [3.63, 3.8) is 0 Å². The van der Waals surface area contributed by atoms with Crippen LogP contribution in [0.15, 0.2) is 18.2 Å². The Morgan fingerprint density at radius 3 is 2.50 bits per heavy atom. The maximum atomic E-state index is 9.09. The van der Waals surface area contributed by atoms with Crippen LogP contribution in [0.3, 0.4) is 0 Å². The molecule has 0 aliphatic rings. The molecule has 1 aromatic rings. The summed E-state index contributed by atoms with van der Waals surface area (Å²) in [5.74, 6) is 0.377. The fourth-order valence-corrected chi connectivity index (χ4v) is 1.13. The van der Waals surface area contributed by atoms with Crippen molar-refractivity contribution in [3.8, 4) is 11.5 Å². The first-order valence-electron chi connectivity index (χ1n) is 2.81. The molecule has 2 nitrogen and oxygen atoms in total. The summed E-state index contributed by atoms with van der Waals surface area (Å²) in [6.07, 6.45) is 0. The van der Waals surface area contributed by atoms with Gasteiger partial charge in [-0.2, -0.15) is 0 Å². The molecule has 0 aliphatic heterocycles. The van der Waals surface area contributed by atoms with Crippen LogP contribution in [0.2, 0.25) is 0 Å². The molecule has 0 spiro atoms. The summed E-state index contributed by atoms with van der Waals surface area (Å²) in [5.41, 5.74) is 0.694. The minimum Gasteiger partial charge on any atom is -0.508 e. The highest BCUT2D eigenvalue weighted by Gasteiger charge is 1.98. The van der Waals surface area contributed by atoms with Crippen molar-refractivity contribution in [2.75, 3.05) is 0 Å². The molecule has 0 amide bonds. The molecule has 2 N–H and O–H groups in total. The molecule has 0 saturated heterocycles. The Morgan fingerprint density at radius 1 is 1.30 bits per heavy atom. The lowest BCUT2D eigenvalue weighted by atomic mass is 10.2. The Hall–Kier alpha value is -0.700. The highest BCUT2D eigenvalue weighted by atomic mass is 79.9. The number of phenolic OH excluding ortho intramolecular Hbond substituents is 2. The molecule has 1 rings (SSSR count). The molecule has 10 heavy (non-hydrogen) atoms. The predicted octanol–water partition coefficient (Wildman–Crippen LogP) is 1.99. The number of rotatable bonds is 1. The van der Waals surface area contributed by atoms with E-state index >= 15 is 0 Å². The number of phenols is 2. The normalized spacial score (nSPS) is 9.70. The third kappa shape index (κ3) is 1.42. The standard InChI is InChI=1S/C7H7BrO2/c8-4-5-3-6(9)1-2-7(5)10/h1-3,9-10H,4H2. The molecule has 0 radical (unpaired) electrons. The van der Waals surface area contributed by atoms with E-state index < -0.39 is 0 Å². The van der Waals surface area contributed by atoms with Crippen molar-refractivity contribution >= 4 is 15.9 Å². The van der Waals surface area contributed by atoms with Crippen LogP contribution in [-0.4, -0.2) is 10.2 Å². The number of aromatic hydroxyl groups is 2. The van der Waals surface area contributed by atoms with Crippen LogP contribution in [0.25, 0.3) is 0 Å². The second-order valence-electron chi connectivity index (χ2n) is 1.95. The zero-order valence-corrected chi connectivity index (χ0v) is 6.80. The summed E-state index contributed by atoms with van der Waals surface area (Å²) in [4.78, 5) is 0. The second-order valence-corrected chi connectivity index (χ2v) is 2.51. The minimum absolute atomic E-state index is 0.173. The molecule has 0 bridgehead atoms. The van der Waals surface area contributed by atoms with E-state index in [0.29, 0.717) is 10.9 Å². The SMILES string of the molecule is Oc1ccc(O)c(CBr)c1. The largest absolute Gasteiger partial charge is 0.508 e. The Labute approximate surface area is 67.3 Å². The van der Waals surface area contributed by atoms with Crippen molar-refractivity contribution in [2.24, 2.45) is 0 Å². The van der Waals surface area contributed by atoms with Crippen LogP contribution in [-0.2, 0) is 5.33 Å². The number of halogens is 1. The van der Waals surface area contributed by atoms with Crippen LogP contribution in [0, 0.1) is 0 Å². The van der Waals surface area contributed by atoms with Gasteiger partial charge < -0.3 is 10.2 Å². The van der Waals surface area contributed by atoms with E-state index in [1.807, 2.05) is 0 Å². The molecule has 0 unspecified atom stereocenters. The number of benzene rings is 1. The lowest BCUT2D eigenvalue weighted by molar-refractivity contribution is 0.456. The lowest BCUT2D eigenvalue weighted by Gasteiger charge is -1.99. The Bertz CT molecular complexity index is 235. The summed E-state index contributed by atoms with van der Waals surface area (Å²) in [5, 5.41) is 18.6. The van der Waals surface area contributed by atoms with Crippen molar-refractivity contribution in [2.45, 2.75) is 5.33 Å². The Morgan fingerprint density at radius 2 is 2.00 bits per heavy atom. The van der Waals surface area contributed by atoms with Gasteiger partial charge in [-0.1, -0.05) is 15.9 Å². The summed E-state index contributed by atoms with van der Waals surface area (Å²) in [6.45, 7) is 0. The van der Waals surface area contributed by atoms with Gasteiger partial charge in [-0.3, -0.25) is 0 Å². The molecule has 0 fully saturated rings. The van der Waals surface area contributed by atoms with Gasteiger partial charge in [0.25, 0.3) is 0 Å². The third-order valence-corrected chi connectivity index (χ3v) is 1.81. The molecule has 3 heteroatoms.